The lowest BCUT2D eigenvalue weighted by Crippen LogP contribution is -2.47. The molecule has 0 spiro atoms. The van der Waals surface area contributed by atoms with Gasteiger partial charge in [-0.2, -0.15) is 17.5 Å². The van der Waals surface area contributed by atoms with Crippen LogP contribution in [0.2, 0.25) is 0 Å². The van der Waals surface area contributed by atoms with Gasteiger partial charge in [-0.25, -0.2) is 18.2 Å². The second kappa shape index (κ2) is 10.8. The Bertz CT molecular complexity index is 1850. The molecular formula is C26H25F3N6O6S. The Balaban J connectivity index is 1.41. The summed E-state index contributed by atoms with van der Waals surface area (Å²) in [6, 6.07) is 2.89. The number of hydrogen-bond acceptors (Lipinski definition) is 8. The fourth-order valence-electron chi connectivity index (χ4n) is 4.75. The Morgan fingerprint density at radius 2 is 1.95 bits per heavy atom. The van der Waals surface area contributed by atoms with Crippen LogP contribution in [0, 0.1) is 0 Å². The molecule has 0 aliphatic carbocycles. The lowest BCUT2D eigenvalue weighted by Gasteiger charge is -2.22. The number of carbonyl (C=O) groups is 1. The van der Waals surface area contributed by atoms with Gasteiger partial charge in [-0.05, 0) is 44.9 Å². The summed E-state index contributed by atoms with van der Waals surface area (Å²) in [5, 5.41) is 2.72. The lowest BCUT2D eigenvalue weighted by molar-refractivity contribution is -0.137. The fraction of sp³-hybridized carbons (Fsp3) is 0.346. The van der Waals surface area contributed by atoms with Crippen LogP contribution in [0.3, 0.4) is 0 Å². The van der Waals surface area contributed by atoms with Crippen LogP contribution in [-0.2, 0) is 27.5 Å². The fourth-order valence-corrected chi connectivity index (χ4v) is 6.36. The second-order valence-corrected chi connectivity index (χ2v) is 11.8. The SMILES string of the molecule is CC(C)n1c(=O)c(CNC(=O)[C@@H]2CCCN2S(=O)(=O)c2cc3cnccc3o2)cn(-c2ccc(C(F)(F)F)cn2)c1=O. The van der Waals surface area contributed by atoms with Crippen molar-refractivity contribution in [2.45, 2.75) is 56.6 Å². The summed E-state index contributed by atoms with van der Waals surface area (Å²) in [5.74, 6) is -0.834. The van der Waals surface area contributed by atoms with Crippen molar-refractivity contribution in [2.75, 3.05) is 6.54 Å². The zero-order valence-electron chi connectivity index (χ0n) is 22.3. The van der Waals surface area contributed by atoms with Crippen LogP contribution >= 0.6 is 0 Å². The Morgan fingerprint density at radius 1 is 1.19 bits per heavy atom. The van der Waals surface area contributed by atoms with E-state index in [4.69, 9.17) is 4.42 Å². The number of rotatable bonds is 7. The summed E-state index contributed by atoms with van der Waals surface area (Å²) >= 11 is 0. The molecule has 4 aromatic heterocycles. The number of halogens is 3. The average molecular weight is 607 g/mol. The lowest BCUT2D eigenvalue weighted by atomic mass is 10.2. The molecular weight excluding hydrogens is 581 g/mol. The number of furan rings is 1. The number of aromatic nitrogens is 4. The van der Waals surface area contributed by atoms with Crippen LogP contribution in [-0.4, -0.2) is 50.3 Å². The molecule has 0 unspecified atom stereocenters. The topological polar surface area (TPSA) is 149 Å². The van der Waals surface area contributed by atoms with Crippen molar-refractivity contribution in [3.05, 3.63) is 81.0 Å². The van der Waals surface area contributed by atoms with E-state index in [1.165, 1.54) is 24.5 Å². The van der Waals surface area contributed by atoms with E-state index < -0.39 is 51.0 Å². The van der Waals surface area contributed by atoms with Gasteiger partial charge in [0.25, 0.3) is 15.6 Å². The van der Waals surface area contributed by atoms with E-state index in [1.807, 2.05) is 0 Å². The number of fused-ring (bicyclic) bond motifs is 1. The molecule has 1 amide bonds. The molecule has 16 heteroatoms. The summed E-state index contributed by atoms with van der Waals surface area (Å²) in [5.41, 5.74) is -2.30. The van der Waals surface area contributed by atoms with Crippen molar-refractivity contribution in [3.63, 3.8) is 0 Å². The van der Waals surface area contributed by atoms with Gasteiger partial charge in [0.1, 0.15) is 17.4 Å². The minimum Gasteiger partial charge on any atom is -0.443 e. The molecule has 1 saturated heterocycles. The van der Waals surface area contributed by atoms with Gasteiger partial charge in [-0.15, -0.1) is 0 Å². The maximum Gasteiger partial charge on any atom is 0.417 e. The van der Waals surface area contributed by atoms with Crippen molar-refractivity contribution in [1.29, 1.82) is 0 Å². The summed E-state index contributed by atoms with van der Waals surface area (Å²) in [4.78, 5) is 47.1. The second-order valence-electron chi connectivity index (χ2n) is 9.95. The minimum atomic E-state index is -4.63. The Labute approximate surface area is 236 Å². The monoisotopic (exact) mass is 606 g/mol. The summed E-state index contributed by atoms with van der Waals surface area (Å²) in [6.07, 6.45) is 0.578. The van der Waals surface area contributed by atoms with E-state index in [0.29, 0.717) is 23.6 Å². The van der Waals surface area contributed by atoms with E-state index in [9.17, 15) is 36.0 Å². The van der Waals surface area contributed by atoms with Crippen LogP contribution in [0.5, 0.6) is 0 Å². The van der Waals surface area contributed by atoms with Crippen LogP contribution in [0.15, 0.2) is 68.2 Å². The van der Waals surface area contributed by atoms with Crippen molar-refractivity contribution in [2.24, 2.45) is 0 Å². The highest BCUT2D eigenvalue weighted by Gasteiger charge is 2.41. The zero-order chi connectivity index (χ0) is 30.4. The third kappa shape index (κ3) is 5.34. The largest absolute Gasteiger partial charge is 0.443 e. The van der Waals surface area contributed by atoms with Crippen LogP contribution in [0.1, 0.15) is 43.9 Å². The van der Waals surface area contributed by atoms with Gasteiger partial charge in [-0.3, -0.25) is 23.7 Å². The first-order valence-corrected chi connectivity index (χ1v) is 14.3. The van der Waals surface area contributed by atoms with E-state index in [2.05, 4.69) is 15.3 Å². The van der Waals surface area contributed by atoms with Crippen molar-refractivity contribution in [3.8, 4) is 5.82 Å². The van der Waals surface area contributed by atoms with Gasteiger partial charge >= 0.3 is 11.9 Å². The molecule has 5 heterocycles. The molecule has 12 nitrogen and oxygen atoms in total. The molecule has 0 aromatic carbocycles. The van der Waals surface area contributed by atoms with E-state index in [0.717, 1.165) is 31.8 Å². The van der Waals surface area contributed by atoms with E-state index >= 15 is 0 Å². The summed E-state index contributed by atoms with van der Waals surface area (Å²) in [6.45, 7) is 2.84. The molecule has 5 rings (SSSR count). The smallest absolute Gasteiger partial charge is 0.417 e. The van der Waals surface area contributed by atoms with Gasteiger partial charge in [0.15, 0.2) is 0 Å². The molecule has 1 aliphatic rings. The number of nitrogens with one attached hydrogen (secondary N) is 1. The summed E-state index contributed by atoms with van der Waals surface area (Å²) in [7, 11) is -4.19. The predicted molar refractivity (Wildman–Crippen MR) is 142 cm³/mol. The van der Waals surface area contributed by atoms with Gasteiger partial charge in [-0.1, -0.05) is 0 Å². The summed E-state index contributed by atoms with van der Waals surface area (Å²) < 4.78 is 74.0. The maximum atomic E-state index is 13.4. The first-order valence-electron chi connectivity index (χ1n) is 12.8. The zero-order valence-corrected chi connectivity index (χ0v) is 23.1. The highest BCUT2D eigenvalue weighted by Crippen LogP contribution is 2.30. The van der Waals surface area contributed by atoms with Gasteiger partial charge in [0.2, 0.25) is 11.0 Å². The van der Waals surface area contributed by atoms with Crippen LogP contribution in [0.4, 0.5) is 13.2 Å². The molecule has 1 atom stereocenters. The molecule has 1 aliphatic heterocycles. The molecule has 0 bridgehead atoms. The predicted octanol–water partition coefficient (Wildman–Crippen LogP) is 2.60. The number of hydrogen-bond donors (Lipinski definition) is 1. The minimum absolute atomic E-state index is 0.0597. The van der Waals surface area contributed by atoms with Crippen molar-refractivity contribution < 1.29 is 30.8 Å². The highest BCUT2D eigenvalue weighted by molar-refractivity contribution is 7.89. The third-order valence-electron chi connectivity index (χ3n) is 6.85. The number of pyridine rings is 2. The number of sulfonamides is 1. The Morgan fingerprint density at radius 3 is 2.60 bits per heavy atom. The molecule has 0 radical (unpaired) electrons. The molecule has 42 heavy (non-hydrogen) atoms. The van der Waals surface area contributed by atoms with Crippen LogP contribution in [0.25, 0.3) is 16.8 Å². The van der Waals surface area contributed by atoms with Gasteiger partial charge in [0, 0.05) is 55.4 Å². The van der Waals surface area contributed by atoms with Crippen LogP contribution < -0.4 is 16.6 Å². The third-order valence-corrected chi connectivity index (χ3v) is 8.61. The maximum absolute atomic E-state index is 13.4. The molecule has 0 saturated carbocycles. The quantitative estimate of drug-likeness (QED) is 0.338. The first-order chi connectivity index (χ1) is 19.8. The molecule has 1 fully saturated rings. The molecule has 4 aromatic rings. The number of nitrogens with zero attached hydrogens (tertiary/aromatic N) is 5. The first kappa shape index (κ1) is 29.2. The van der Waals surface area contributed by atoms with Gasteiger partial charge < -0.3 is 9.73 Å². The van der Waals surface area contributed by atoms with E-state index in [-0.39, 0.29) is 36.0 Å². The number of amides is 1. The normalized spacial score (nSPS) is 16.4. The van der Waals surface area contributed by atoms with E-state index in [1.54, 1.807) is 13.8 Å². The van der Waals surface area contributed by atoms with Gasteiger partial charge in [0.05, 0.1) is 11.1 Å². The average Bonchev–Trinajstić information content (AvgIpc) is 3.61. The molecule has 1 N–H and O–H groups in total. The highest BCUT2D eigenvalue weighted by atomic mass is 32.2. The van der Waals surface area contributed by atoms with Crippen molar-refractivity contribution >= 4 is 26.9 Å². The Hall–Kier alpha value is -4.31. The standard InChI is InChI=1S/C26H25F3N6O6S/c1-15(2)35-24(37)17(14-33(25(35)38)21-6-5-18(13-31-21)26(27,28)29)12-32-23(36)19-4-3-9-34(19)42(39,40)22-10-16-11-30-8-7-20(16)41-22/h5-8,10-11,13-15,19H,3-4,9,12H2,1-2H3,(H,32,36)/t19-/m0/s1. The Kier molecular flexibility index (Phi) is 7.53. The number of alkyl halides is 3. The van der Waals surface area contributed by atoms with Crippen molar-refractivity contribution in [1.82, 2.24) is 28.7 Å². The molecule has 222 valence electrons. The number of carbonyl (C=O) groups excluding carboxylic acids is 1.